The van der Waals surface area contributed by atoms with Crippen LogP contribution in [0.25, 0.3) is 0 Å². The van der Waals surface area contributed by atoms with E-state index >= 15 is 0 Å². The van der Waals surface area contributed by atoms with Gasteiger partial charge in [-0.25, -0.2) is 0 Å². The predicted molar refractivity (Wildman–Crippen MR) is 69.5 cm³/mol. The zero-order chi connectivity index (χ0) is 12.8. The Morgan fingerprint density at radius 2 is 2.39 bits per heavy atom. The minimum atomic E-state index is -0.243. The van der Waals surface area contributed by atoms with Crippen LogP contribution >= 0.6 is 11.3 Å². The Hall–Kier alpha value is -1.59. The second-order valence-electron chi connectivity index (χ2n) is 3.80. The number of ether oxygens (including phenoxy) is 1. The van der Waals surface area contributed by atoms with Crippen molar-refractivity contribution in [1.82, 2.24) is 5.32 Å². The molecule has 0 radical (unpaired) electrons. The summed E-state index contributed by atoms with van der Waals surface area (Å²) in [6.45, 7) is 0.411. The normalized spacial score (nSPS) is 12.3. The topological polar surface area (TPSA) is 51.5 Å². The molecule has 4 nitrogen and oxygen atoms in total. The number of hydrogen-bond donors (Lipinski definition) is 1. The molecule has 0 aliphatic rings. The van der Waals surface area contributed by atoms with E-state index < -0.39 is 0 Å². The van der Waals surface area contributed by atoms with E-state index in [-0.39, 0.29) is 12.0 Å². The van der Waals surface area contributed by atoms with Gasteiger partial charge in [-0.1, -0.05) is 6.07 Å². The van der Waals surface area contributed by atoms with E-state index in [9.17, 15) is 4.79 Å². The Kier molecular flexibility index (Phi) is 4.55. The van der Waals surface area contributed by atoms with Crippen LogP contribution in [-0.4, -0.2) is 19.6 Å². The van der Waals surface area contributed by atoms with Gasteiger partial charge in [-0.15, -0.1) is 11.3 Å². The second kappa shape index (κ2) is 6.37. The molecular formula is C13H15NO3S. The summed E-state index contributed by atoms with van der Waals surface area (Å²) in [6, 6.07) is 7.52. The van der Waals surface area contributed by atoms with E-state index in [1.165, 1.54) is 0 Å². The summed E-state index contributed by atoms with van der Waals surface area (Å²) in [5.41, 5.74) is 0. The number of nitrogens with one attached hydrogen (secondary N) is 1. The van der Waals surface area contributed by atoms with Crippen molar-refractivity contribution in [2.45, 2.75) is 12.5 Å². The fourth-order valence-electron chi connectivity index (χ4n) is 1.61. The van der Waals surface area contributed by atoms with Crippen LogP contribution in [0.1, 0.15) is 16.7 Å². The van der Waals surface area contributed by atoms with Crippen molar-refractivity contribution in [1.29, 1.82) is 0 Å². The van der Waals surface area contributed by atoms with Crippen molar-refractivity contribution in [3.05, 3.63) is 46.5 Å². The monoisotopic (exact) mass is 265 g/mol. The van der Waals surface area contributed by atoms with Crippen molar-refractivity contribution in [3.8, 4) is 0 Å². The number of hydrogen-bond acceptors (Lipinski definition) is 4. The summed E-state index contributed by atoms with van der Waals surface area (Å²) in [5.74, 6) is 0.708. The lowest BCUT2D eigenvalue weighted by Gasteiger charge is -2.13. The Morgan fingerprint density at radius 3 is 3.00 bits per heavy atom. The molecule has 0 aromatic carbocycles. The molecule has 5 heteroatoms. The molecule has 18 heavy (non-hydrogen) atoms. The smallest absolute Gasteiger partial charge is 0.225 e. The van der Waals surface area contributed by atoms with E-state index in [1.807, 2.05) is 23.6 Å². The molecule has 2 heterocycles. The van der Waals surface area contributed by atoms with Crippen LogP contribution in [0.15, 0.2) is 40.3 Å². The maximum Gasteiger partial charge on any atom is 0.225 e. The van der Waals surface area contributed by atoms with Gasteiger partial charge < -0.3 is 14.5 Å². The number of carbonyl (C=O) groups excluding carboxylic acids is 1. The molecule has 0 saturated heterocycles. The van der Waals surface area contributed by atoms with E-state index in [4.69, 9.17) is 9.15 Å². The average molecular weight is 265 g/mol. The van der Waals surface area contributed by atoms with Crippen LogP contribution in [0.3, 0.4) is 0 Å². The average Bonchev–Trinajstić information content (AvgIpc) is 3.02. The number of methoxy groups -OCH3 is 1. The molecule has 1 atom stereocenters. The second-order valence-corrected chi connectivity index (χ2v) is 4.83. The predicted octanol–water partition coefficient (Wildman–Crippen LogP) is 2.39. The van der Waals surface area contributed by atoms with Crippen molar-refractivity contribution in [2.75, 3.05) is 13.7 Å². The molecule has 1 amide bonds. The highest BCUT2D eigenvalue weighted by Gasteiger charge is 2.14. The van der Waals surface area contributed by atoms with Gasteiger partial charge in [-0.3, -0.25) is 4.79 Å². The third-order valence-corrected chi connectivity index (χ3v) is 3.42. The highest BCUT2D eigenvalue weighted by molar-refractivity contribution is 7.10. The third kappa shape index (κ3) is 3.45. The highest BCUT2D eigenvalue weighted by atomic mass is 32.1. The number of carbonyl (C=O) groups is 1. The van der Waals surface area contributed by atoms with Gasteiger partial charge in [0.15, 0.2) is 0 Å². The van der Waals surface area contributed by atoms with Gasteiger partial charge in [-0.2, -0.15) is 0 Å². The number of furan rings is 1. The van der Waals surface area contributed by atoms with Gasteiger partial charge in [-0.05, 0) is 23.6 Å². The highest BCUT2D eigenvalue weighted by Crippen LogP contribution is 2.16. The zero-order valence-electron chi connectivity index (χ0n) is 10.1. The SMILES string of the molecule is CO[C@H](CNC(=O)Cc1cccs1)c1ccco1. The first kappa shape index (κ1) is 12.9. The maximum atomic E-state index is 11.7. The molecule has 0 unspecified atom stereocenters. The van der Waals surface area contributed by atoms with Gasteiger partial charge in [0.05, 0.1) is 19.2 Å². The minimum Gasteiger partial charge on any atom is -0.467 e. The summed E-state index contributed by atoms with van der Waals surface area (Å²) in [7, 11) is 1.60. The van der Waals surface area contributed by atoms with Crippen LogP contribution in [-0.2, 0) is 16.0 Å². The van der Waals surface area contributed by atoms with Gasteiger partial charge >= 0.3 is 0 Å². The van der Waals surface area contributed by atoms with Crippen molar-refractivity contribution in [3.63, 3.8) is 0 Å². The van der Waals surface area contributed by atoms with E-state index in [0.717, 1.165) is 4.88 Å². The molecule has 0 bridgehead atoms. The molecule has 0 spiro atoms. The summed E-state index contributed by atoms with van der Waals surface area (Å²) in [4.78, 5) is 12.8. The first-order valence-electron chi connectivity index (χ1n) is 5.65. The lowest BCUT2D eigenvalue weighted by molar-refractivity contribution is -0.121. The Balaban J connectivity index is 1.81. The fraction of sp³-hybridized carbons (Fsp3) is 0.308. The summed E-state index contributed by atoms with van der Waals surface area (Å²) in [5, 5.41) is 4.80. The third-order valence-electron chi connectivity index (χ3n) is 2.54. The van der Waals surface area contributed by atoms with Crippen molar-refractivity contribution >= 4 is 17.2 Å². The van der Waals surface area contributed by atoms with Crippen LogP contribution in [0.4, 0.5) is 0 Å². The number of thiophene rings is 1. The zero-order valence-corrected chi connectivity index (χ0v) is 10.9. The lowest BCUT2D eigenvalue weighted by atomic mass is 10.2. The minimum absolute atomic E-state index is 0.00828. The van der Waals surface area contributed by atoms with Gasteiger partial charge in [0.1, 0.15) is 11.9 Å². The van der Waals surface area contributed by atoms with Gasteiger partial charge in [0, 0.05) is 12.0 Å². The molecule has 2 rings (SSSR count). The summed E-state index contributed by atoms with van der Waals surface area (Å²) < 4.78 is 10.5. The largest absolute Gasteiger partial charge is 0.467 e. The maximum absolute atomic E-state index is 11.7. The van der Waals surface area contributed by atoms with E-state index in [2.05, 4.69) is 5.32 Å². The van der Waals surface area contributed by atoms with E-state index in [1.54, 1.807) is 30.8 Å². The first-order valence-corrected chi connectivity index (χ1v) is 6.53. The summed E-state index contributed by atoms with van der Waals surface area (Å²) >= 11 is 1.58. The fourth-order valence-corrected chi connectivity index (χ4v) is 2.32. The van der Waals surface area contributed by atoms with Gasteiger partial charge in [0.25, 0.3) is 0 Å². The molecule has 2 aromatic rings. The Bertz CT molecular complexity index is 464. The lowest BCUT2D eigenvalue weighted by Crippen LogP contribution is -2.30. The van der Waals surface area contributed by atoms with Crippen LogP contribution in [0.5, 0.6) is 0 Å². The van der Waals surface area contributed by atoms with Crippen LogP contribution in [0, 0.1) is 0 Å². The molecule has 0 aliphatic heterocycles. The summed E-state index contributed by atoms with van der Waals surface area (Å²) in [6.07, 6.45) is 1.76. The molecule has 96 valence electrons. The molecule has 0 fully saturated rings. The molecule has 0 saturated carbocycles. The van der Waals surface area contributed by atoms with Crippen LogP contribution < -0.4 is 5.32 Å². The molecule has 1 N–H and O–H groups in total. The Labute approximate surface area is 110 Å². The standard InChI is InChI=1S/C13H15NO3S/c1-16-12(11-5-2-6-17-11)9-14-13(15)8-10-4-3-7-18-10/h2-7,12H,8-9H2,1H3,(H,14,15)/t12-/m1/s1. The van der Waals surface area contributed by atoms with Gasteiger partial charge in [0.2, 0.25) is 5.91 Å². The van der Waals surface area contributed by atoms with E-state index in [0.29, 0.717) is 18.7 Å². The van der Waals surface area contributed by atoms with Crippen molar-refractivity contribution < 1.29 is 13.9 Å². The molecule has 2 aromatic heterocycles. The Morgan fingerprint density at radius 1 is 1.50 bits per heavy atom. The molecular weight excluding hydrogens is 250 g/mol. The van der Waals surface area contributed by atoms with Crippen LogP contribution in [0.2, 0.25) is 0 Å². The molecule has 0 aliphatic carbocycles. The number of rotatable bonds is 6. The first-order chi connectivity index (χ1) is 8.79. The quantitative estimate of drug-likeness (QED) is 0.872. The number of amides is 1. The van der Waals surface area contributed by atoms with Crippen molar-refractivity contribution in [2.24, 2.45) is 0 Å².